The minimum absolute atomic E-state index is 0.537. The van der Waals surface area contributed by atoms with Crippen LogP contribution in [0.25, 0.3) is 27.8 Å². The second kappa shape index (κ2) is 13.0. The van der Waals surface area contributed by atoms with Gasteiger partial charge in [-0.15, -0.1) is 0 Å². The second-order valence-electron chi connectivity index (χ2n) is 10.4. The molecule has 5 aromatic rings. The van der Waals surface area contributed by atoms with Crippen LogP contribution in [0.5, 0.6) is 5.75 Å². The SMILES string of the molecule is CC(=C1C=CC(=[O+]Cc2ccc(-c3ccccc3)cc2)C=C1)c1ccc(OCc2ccc(-c3ccccc3)cc2)cc1. The summed E-state index contributed by atoms with van der Waals surface area (Å²) in [4.78, 5) is 0. The first kappa shape index (κ1) is 27.0. The molecule has 0 saturated carbocycles. The van der Waals surface area contributed by atoms with Gasteiger partial charge in [0.15, 0.2) is 0 Å². The molecule has 0 atom stereocenters. The molecule has 0 saturated heterocycles. The molecule has 0 bridgehead atoms. The highest BCUT2D eigenvalue weighted by molar-refractivity contribution is 6.02. The van der Waals surface area contributed by atoms with E-state index in [0.717, 1.165) is 22.7 Å². The number of carbonyl (C=O) groups excluding carboxylic acids is 1. The first-order valence-corrected chi connectivity index (χ1v) is 14.3. The van der Waals surface area contributed by atoms with Crippen molar-refractivity contribution in [3.8, 4) is 28.0 Å². The fraction of sp³-hybridized carbons (Fsp3) is 0.0750. The first-order valence-electron chi connectivity index (χ1n) is 14.3. The highest BCUT2D eigenvalue weighted by Crippen LogP contribution is 2.25. The highest BCUT2D eigenvalue weighted by atomic mass is 16.5. The fourth-order valence-corrected chi connectivity index (χ4v) is 4.95. The van der Waals surface area contributed by atoms with Gasteiger partial charge in [-0.3, -0.25) is 0 Å². The van der Waals surface area contributed by atoms with E-state index in [9.17, 15) is 0 Å². The zero-order valence-electron chi connectivity index (χ0n) is 23.7. The molecule has 204 valence electrons. The molecule has 0 spiro atoms. The molecule has 0 aromatic heterocycles. The van der Waals surface area contributed by atoms with E-state index in [2.05, 4.69) is 128 Å². The van der Waals surface area contributed by atoms with Crippen LogP contribution < -0.4 is 4.74 Å². The molecule has 0 N–H and O–H groups in total. The molecule has 0 unspecified atom stereocenters. The Morgan fingerprint density at radius 1 is 0.524 bits per heavy atom. The normalized spacial score (nSPS) is 12.3. The van der Waals surface area contributed by atoms with Gasteiger partial charge in [0, 0.05) is 17.7 Å². The van der Waals surface area contributed by atoms with E-state index >= 15 is 0 Å². The Morgan fingerprint density at radius 3 is 1.57 bits per heavy atom. The highest BCUT2D eigenvalue weighted by Gasteiger charge is 2.11. The van der Waals surface area contributed by atoms with Gasteiger partial charge in [-0.05, 0) is 87.9 Å². The van der Waals surface area contributed by atoms with Crippen molar-refractivity contribution in [1.82, 2.24) is 0 Å². The van der Waals surface area contributed by atoms with Crippen molar-refractivity contribution < 1.29 is 9.16 Å². The predicted octanol–water partition coefficient (Wildman–Crippen LogP) is 9.80. The minimum Gasteiger partial charge on any atom is -0.489 e. The van der Waals surface area contributed by atoms with Gasteiger partial charge in [-0.1, -0.05) is 109 Å². The average molecular weight is 546 g/mol. The van der Waals surface area contributed by atoms with E-state index in [1.54, 1.807) is 0 Å². The van der Waals surface area contributed by atoms with Gasteiger partial charge < -0.3 is 4.74 Å². The predicted molar refractivity (Wildman–Crippen MR) is 174 cm³/mol. The lowest BCUT2D eigenvalue weighted by Gasteiger charge is -2.10. The molecular formula is C40H33O2+. The van der Waals surface area contributed by atoms with E-state index in [0.29, 0.717) is 13.2 Å². The molecule has 0 radical (unpaired) electrons. The number of rotatable bonds is 8. The Kier molecular flexibility index (Phi) is 8.33. The minimum atomic E-state index is 0.537. The van der Waals surface area contributed by atoms with E-state index in [1.807, 2.05) is 36.4 Å². The van der Waals surface area contributed by atoms with Gasteiger partial charge in [-0.2, -0.15) is 0 Å². The van der Waals surface area contributed by atoms with Crippen LogP contribution in [0.1, 0.15) is 23.6 Å². The molecule has 0 heterocycles. The van der Waals surface area contributed by atoms with E-state index in [4.69, 9.17) is 9.16 Å². The first-order chi connectivity index (χ1) is 20.7. The van der Waals surface area contributed by atoms with Crippen LogP contribution in [0, 0.1) is 0 Å². The molecule has 6 rings (SSSR count). The Hall–Kier alpha value is -5.21. The van der Waals surface area contributed by atoms with Crippen molar-refractivity contribution in [1.29, 1.82) is 0 Å². The Balaban J connectivity index is 1.03. The number of ether oxygens (including phenoxy) is 1. The summed E-state index contributed by atoms with van der Waals surface area (Å²) in [7, 11) is 0. The Morgan fingerprint density at radius 2 is 1.02 bits per heavy atom. The summed E-state index contributed by atoms with van der Waals surface area (Å²) in [6, 6.07) is 46.3. The second-order valence-corrected chi connectivity index (χ2v) is 10.4. The molecule has 42 heavy (non-hydrogen) atoms. The topological polar surface area (TPSA) is 20.5 Å². The third kappa shape index (κ3) is 6.74. The number of hydrogen-bond acceptors (Lipinski definition) is 1. The molecular weight excluding hydrogens is 512 g/mol. The lowest BCUT2D eigenvalue weighted by Crippen LogP contribution is -2.00. The molecule has 5 aromatic carbocycles. The smallest absolute Gasteiger partial charge is 0.344 e. The van der Waals surface area contributed by atoms with Crippen molar-refractivity contribution in [3.63, 3.8) is 0 Å². The van der Waals surface area contributed by atoms with Crippen LogP contribution in [0.3, 0.4) is 0 Å². The fourth-order valence-electron chi connectivity index (χ4n) is 4.95. The molecule has 2 nitrogen and oxygen atoms in total. The van der Waals surface area contributed by atoms with Gasteiger partial charge in [0.05, 0.1) is 0 Å². The summed E-state index contributed by atoms with van der Waals surface area (Å²) in [5.74, 6) is 1.72. The maximum atomic E-state index is 6.06. The van der Waals surface area contributed by atoms with Crippen molar-refractivity contribution in [2.45, 2.75) is 20.1 Å². The summed E-state index contributed by atoms with van der Waals surface area (Å²) in [5.41, 5.74) is 10.7. The third-order valence-corrected chi connectivity index (χ3v) is 7.51. The largest absolute Gasteiger partial charge is 0.489 e. The lowest BCUT2D eigenvalue weighted by molar-refractivity contribution is -0.473. The van der Waals surface area contributed by atoms with Crippen LogP contribution in [-0.2, 0) is 17.6 Å². The number of ketones is 1. The molecule has 2 heteroatoms. The molecule has 0 fully saturated rings. The average Bonchev–Trinajstić information content (AvgIpc) is 3.08. The van der Waals surface area contributed by atoms with Crippen molar-refractivity contribution >= 4 is 11.4 Å². The molecule has 0 amide bonds. The van der Waals surface area contributed by atoms with Crippen LogP contribution in [0.15, 0.2) is 163 Å². The summed E-state index contributed by atoms with van der Waals surface area (Å²) in [6.45, 7) is 3.22. The monoisotopic (exact) mass is 545 g/mol. The van der Waals surface area contributed by atoms with E-state index < -0.39 is 0 Å². The van der Waals surface area contributed by atoms with E-state index in [1.165, 1.54) is 39.0 Å². The van der Waals surface area contributed by atoms with Crippen molar-refractivity contribution in [2.75, 3.05) is 0 Å². The number of allylic oxidation sites excluding steroid dienone is 6. The van der Waals surface area contributed by atoms with Gasteiger partial charge in [-0.25, -0.2) is 4.42 Å². The van der Waals surface area contributed by atoms with Crippen LogP contribution in [-0.4, -0.2) is 5.78 Å². The standard InChI is InChI=1S/C40H33O2/c1-30(33-20-24-39(25-21-33)41-28-31-12-16-37(17-13-31)35-8-4-2-5-9-35)34-22-26-40(27-23-34)42-29-32-14-18-38(19-15-32)36-10-6-3-7-11-36/h2-27H,28-29H2,1H3/q+1. The summed E-state index contributed by atoms with van der Waals surface area (Å²) >= 11 is 0. The number of hydrogen-bond donors (Lipinski definition) is 0. The van der Waals surface area contributed by atoms with E-state index in [-0.39, 0.29) is 0 Å². The van der Waals surface area contributed by atoms with Crippen LogP contribution in [0.2, 0.25) is 0 Å². The molecule has 1 aliphatic rings. The van der Waals surface area contributed by atoms with Gasteiger partial charge in [0.2, 0.25) is 0 Å². The van der Waals surface area contributed by atoms with Crippen molar-refractivity contribution in [3.05, 3.63) is 180 Å². The van der Waals surface area contributed by atoms with Gasteiger partial charge >= 0.3 is 5.78 Å². The van der Waals surface area contributed by atoms with Gasteiger partial charge in [0.1, 0.15) is 12.4 Å². The molecule has 0 aliphatic heterocycles. The summed E-state index contributed by atoms with van der Waals surface area (Å²) in [6.07, 6.45) is 8.31. The number of benzene rings is 5. The van der Waals surface area contributed by atoms with Crippen molar-refractivity contribution in [2.24, 2.45) is 0 Å². The van der Waals surface area contributed by atoms with Crippen LogP contribution >= 0.6 is 0 Å². The third-order valence-electron chi connectivity index (χ3n) is 7.51. The van der Waals surface area contributed by atoms with Gasteiger partial charge in [0.25, 0.3) is 6.61 Å². The Bertz CT molecular complexity index is 1720. The maximum Gasteiger partial charge on any atom is 0.344 e. The zero-order chi connectivity index (χ0) is 28.6. The quantitative estimate of drug-likeness (QED) is 0.178. The lowest BCUT2D eigenvalue weighted by atomic mass is 9.98. The maximum absolute atomic E-state index is 6.06. The summed E-state index contributed by atoms with van der Waals surface area (Å²) < 4.78 is 12.1. The Labute approximate surface area is 248 Å². The van der Waals surface area contributed by atoms with Crippen LogP contribution in [0.4, 0.5) is 0 Å². The summed E-state index contributed by atoms with van der Waals surface area (Å²) in [5, 5.41) is 0. The zero-order valence-corrected chi connectivity index (χ0v) is 23.7. The molecule has 1 aliphatic carbocycles.